The van der Waals surface area contributed by atoms with Gasteiger partial charge in [-0.1, -0.05) is 19.8 Å². The van der Waals surface area contributed by atoms with Crippen molar-refractivity contribution in [3.05, 3.63) is 39.6 Å². The van der Waals surface area contributed by atoms with Gasteiger partial charge in [-0.05, 0) is 30.5 Å². The topological polar surface area (TPSA) is 61.6 Å². The van der Waals surface area contributed by atoms with Crippen LogP contribution in [0.4, 0.5) is 0 Å². The Balaban J connectivity index is 3.07. The van der Waals surface area contributed by atoms with E-state index < -0.39 is 4.92 Å². The number of rotatable bonds is 8. The fourth-order valence-corrected chi connectivity index (χ4v) is 2.05. The van der Waals surface area contributed by atoms with Crippen LogP contribution < -0.4 is 9.47 Å². The van der Waals surface area contributed by atoms with Gasteiger partial charge in [0, 0.05) is 11.6 Å². The van der Waals surface area contributed by atoms with Crippen LogP contribution in [0, 0.1) is 10.1 Å². The summed E-state index contributed by atoms with van der Waals surface area (Å²) in [5.74, 6) is 1.42. The molecule has 0 bridgehead atoms. The highest BCUT2D eigenvalue weighted by molar-refractivity contribution is 5.58. The van der Waals surface area contributed by atoms with Crippen molar-refractivity contribution in [3.63, 3.8) is 0 Å². The van der Waals surface area contributed by atoms with Crippen LogP contribution in [0.3, 0.4) is 0 Å². The van der Waals surface area contributed by atoms with Gasteiger partial charge in [-0.2, -0.15) is 0 Å². The lowest BCUT2D eigenvalue weighted by atomic mass is 10.0. The lowest BCUT2D eigenvalue weighted by Gasteiger charge is -2.14. The number of nitro groups is 1. The minimum atomic E-state index is -0.492. The van der Waals surface area contributed by atoms with Gasteiger partial charge in [0.25, 0.3) is 0 Å². The van der Waals surface area contributed by atoms with E-state index in [0.717, 1.165) is 37.4 Å². The summed E-state index contributed by atoms with van der Waals surface area (Å²) in [6, 6.07) is 3.59. The zero-order valence-corrected chi connectivity index (χ0v) is 12.2. The number of nitrogens with zero attached hydrogens (tertiary/aromatic N) is 1. The second-order valence-corrected chi connectivity index (χ2v) is 4.46. The van der Waals surface area contributed by atoms with E-state index in [2.05, 4.69) is 6.92 Å². The minimum Gasteiger partial charge on any atom is -0.496 e. The average Bonchev–Trinajstić information content (AvgIpc) is 2.45. The van der Waals surface area contributed by atoms with E-state index in [0.29, 0.717) is 17.1 Å². The van der Waals surface area contributed by atoms with Crippen molar-refractivity contribution in [3.8, 4) is 11.5 Å². The van der Waals surface area contributed by atoms with E-state index in [-0.39, 0.29) is 0 Å². The molecule has 1 aromatic carbocycles. The predicted octanol–water partition coefficient (Wildman–Crippen LogP) is 3.68. The fourth-order valence-electron chi connectivity index (χ4n) is 2.05. The van der Waals surface area contributed by atoms with Crippen LogP contribution in [0.25, 0.3) is 6.08 Å². The summed E-state index contributed by atoms with van der Waals surface area (Å²) in [5.41, 5.74) is 1.70. The Labute approximate surface area is 119 Å². The van der Waals surface area contributed by atoms with E-state index in [4.69, 9.17) is 9.47 Å². The zero-order chi connectivity index (χ0) is 15.0. The molecule has 0 atom stereocenters. The normalized spacial score (nSPS) is 10.8. The van der Waals surface area contributed by atoms with E-state index in [9.17, 15) is 10.1 Å². The Kier molecular flexibility index (Phi) is 6.56. The summed E-state index contributed by atoms with van der Waals surface area (Å²) < 4.78 is 10.8. The van der Waals surface area contributed by atoms with E-state index in [1.54, 1.807) is 26.4 Å². The molecule has 0 N–H and O–H groups in total. The molecule has 1 aromatic rings. The van der Waals surface area contributed by atoms with Gasteiger partial charge in [0.15, 0.2) is 0 Å². The maximum atomic E-state index is 10.4. The smallest absolute Gasteiger partial charge is 0.235 e. The van der Waals surface area contributed by atoms with Gasteiger partial charge in [0.2, 0.25) is 6.20 Å². The van der Waals surface area contributed by atoms with Crippen molar-refractivity contribution in [2.75, 3.05) is 14.2 Å². The molecule has 0 unspecified atom stereocenters. The van der Waals surface area contributed by atoms with Crippen LogP contribution in [-0.4, -0.2) is 19.1 Å². The summed E-state index contributed by atoms with van der Waals surface area (Å²) in [4.78, 5) is 9.89. The predicted molar refractivity (Wildman–Crippen MR) is 78.8 cm³/mol. The summed E-state index contributed by atoms with van der Waals surface area (Å²) >= 11 is 0. The Morgan fingerprint density at radius 2 is 1.80 bits per heavy atom. The molecule has 0 saturated carbocycles. The van der Waals surface area contributed by atoms with Gasteiger partial charge in [-0.25, -0.2) is 0 Å². The van der Waals surface area contributed by atoms with E-state index in [1.165, 1.54) is 6.08 Å². The maximum absolute atomic E-state index is 10.4. The molecule has 5 nitrogen and oxygen atoms in total. The molecule has 0 radical (unpaired) electrons. The lowest BCUT2D eigenvalue weighted by molar-refractivity contribution is -0.400. The molecule has 110 valence electrons. The first-order valence-corrected chi connectivity index (χ1v) is 6.69. The Hall–Kier alpha value is -2.04. The number of methoxy groups -OCH3 is 2. The molecule has 1 rings (SSSR count). The van der Waals surface area contributed by atoms with Crippen LogP contribution in [0.1, 0.15) is 37.3 Å². The van der Waals surface area contributed by atoms with E-state index in [1.807, 2.05) is 0 Å². The van der Waals surface area contributed by atoms with Crippen molar-refractivity contribution >= 4 is 6.08 Å². The molecule has 0 amide bonds. The van der Waals surface area contributed by atoms with Gasteiger partial charge in [-0.3, -0.25) is 10.1 Å². The largest absolute Gasteiger partial charge is 0.496 e. The number of hydrogen-bond donors (Lipinski definition) is 0. The first-order chi connectivity index (χ1) is 9.62. The van der Waals surface area contributed by atoms with Crippen LogP contribution in [0.5, 0.6) is 11.5 Å². The second-order valence-electron chi connectivity index (χ2n) is 4.46. The fraction of sp³-hybridized carbons (Fsp3) is 0.467. The van der Waals surface area contributed by atoms with Crippen molar-refractivity contribution in [2.45, 2.75) is 32.6 Å². The summed E-state index contributed by atoms with van der Waals surface area (Å²) in [6.45, 7) is 2.15. The zero-order valence-electron chi connectivity index (χ0n) is 12.2. The highest BCUT2D eigenvalue weighted by atomic mass is 16.6. The van der Waals surface area contributed by atoms with E-state index >= 15 is 0 Å². The third-order valence-corrected chi connectivity index (χ3v) is 3.05. The standard InChI is InChI=1S/C15H21NO4/c1-4-5-6-7-13-14(19-2)10-12(8-9-16(17)18)11-15(13)20-3/h8-11H,4-7H2,1-3H3. The molecule has 0 aliphatic rings. The van der Waals surface area contributed by atoms with Crippen LogP contribution in [0.2, 0.25) is 0 Å². The van der Waals surface area contributed by atoms with Crippen molar-refractivity contribution in [1.82, 2.24) is 0 Å². The molecule has 0 aliphatic carbocycles. The van der Waals surface area contributed by atoms with Gasteiger partial charge in [0.05, 0.1) is 19.1 Å². The Morgan fingerprint density at radius 3 is 2.25 bits per heavy atom. The van der Waals surface area contributed by atoms with Gasteiger partial charge >= 0.3 is 0 Å². The molecule has 0 spiro atoms. The molecule has 5 heteroatoms. The quantitative estimate of drug-likeness (QED) is 0.413. The molecule has 0 heterocycles. The highest BCUT2D eigenvalue weighted by Gasteiger charge is 2.11. The number of unbranched alkanes of at least 4 members (excludes halogenated alkanes) is 2. The van der Waals surface area contributed by atoms with Gasteiger partial charge < -0.3 is 9.47 Å². The second kappa shape index (κ2) is 8.19. The lowest BCUT2D eigenvalue weighted by Crippen LogP contribution is -1.98. The van der Waals surface area contributed by atoms with Crippen LogP contribution in [-0.2, 0) is 6.42 Å². The summed E-state index contributed by atoms with van der Waals surface area (Å²) in [6.07, 6.45) is 6.57. The highest BCUT2D eigenvalue weighted by Crippen LogP contribution is 2.32. The molecule has 0 aromatic heterocycles. The monoisotopic (exact) mass is 279 g/mol. The number of benzene rings is 1. The van der Waals surface area contributed by atoms with Gasteiger partial charge in [0.1, 0.15) is 11.5 Å². The van der Waals surface area contributed by atoms with Gasteiger partial charge in [-0.15, -0.1) is 0 Å². The van der Waals surface area contributed by atoms with Crippen molar-refractivity contribution in [2.24, 2.45) is 0 Å². The molecular weight excluding hydrogens is 258 g/mol. The summed E-state index contributed by atoms with van der Waals surface area (Å²) in [7, 11) is 3.19. The number of ether oxygens (including phenoxy) is 2. The molecule has 20 heavy (non-hydrogen) atoms. The molecule has 0 saturated heterocycles. The third-order valence-electron chi connectivity index (χ3n) is 3.05. The molecule has 0 aliphatic heterocycles. The Morgan fingerprint density at radius 1 is 1.20 bits per heavy atom. The van der Waals surface area contributed by atoms with Crippen molar-refractivity contribution < 1.29 is 14.4 Å². The summed E-state index contributed by atoms with van der Waals surface area (Å²) in [5, 5.41) is 10.4. The average molecular weight is 279 g/mol. The SMILES string of the molecule is CCCCCc1c(OC)cc(C=C[N+](=O)[O-])cc1OC. The number of hydrogen-bond acceptors (Lipinski definition) is 4. The first kappa shape index (κ1) is 16.0. The third kappa shape index (κ3) is 4.57. The Bertz CT molecular complexity index is 458. The minimum absolute atomic E-state index is 0.492. The van der Waals surface area contributed by atoms with Crippen molar-refractivity contribution in [1.29, 1.82) is 0 Å². The molecule has 0 fully saturated rings. The molecular formula is C15H21NO4. The van der Waals surface area contributed by atoms with Crippen LogP contribution >= 0.6 is 0 Å². The maximum Gasteiger partial charge on any atom is 0.235 e. The van der Waals surface area contributed by atoms with Crippen LogP contribution in [0.15, 0.2) is 18.3 Å². The first-order valence-electron chi connectivity index (χ1n) is 6.69.